The first-order valence-electron chi connectivity index (χ1n) is 6.67. The van der Waals surface area contributed by atoms with Gasteiger partial charge < -0.3 is 10.1 Å². The number of rotatable bonds is 4. The Balaban J connectivity index is 1.38. The van der Waals surface area contributed by atoms with E-state index in [2.05, 4.69) is 15.1 Å². The Labute approximate surface area is 97.9 Å². The number of piperazine rings is 3. The Bertz CT molecular complexity index is 222. The fraction of sp³-hybridized carbons (Fsp3) is 1.00. The lowest BCUT2D eigenvalue weighted by Crippen LogP contribution is -2.63. The highest BCUT2D eigenvalue weighted by Crippen LogP contribution is 2.15. The van der Waals surface area contributed by atoms with Gasteiger partial charge in [-0.2, -0.15) is 0 Å². The molecule has 0 aliphatic carbocycles. The molecule has 4 fully saturated rings. The minimum Gasteiger partial charge on any atom is -0.381 e. The normalized spacial score (nSPS) is 42.8. The topological polar surface area (TPSA) is 27.7 Å². The molecule has 4 heterocycles. The average Bonchev–Trinajstić information content (AvgIpc) is 2.84. The molecule has 4 heteroatoms. The molecule has 0 aromatic rings. The molecule has 0 radical (unpaired) electrons. The Kier molecular flexibility index (Phi) is 3.43. The van der Waals surface area contributed by atoms with Gasteiger partial charge in [0.1, 0.15) is 0 Å². The van der Waals surface area contributed by atoms with Crippen LogP contribution in [0.2, 0.25) is 0 Å². The van der Waals surface area contributed by atoms with E-state index in [9.17, 15) is 0 Å². The molecule has 4 rings (SSSR count). The maximum Gasteiger partial charge on any atom is 0.0507 e. The first-order chi connectivity index (χ1) is 7.92. The van der Waals surface area contributed by atoms with E-state index in [1.807, 2.05) is 0 Å². The van der Waals surface area contributed by atoms with Crippen LogP contribution in [0, 0.1) is 5.92 Å². The maximum absolute atomic E-state index is 5.39. The van der Waals surface area contributed by atoms with Crippen molar-refractivity contribution in [3.05, 3.63) is 0 Å². The number of nitrogens with zero attached hydrogens (tertiary/aromatic N) is 2. The van der Waals surface area contributed by atoms with Gasteiger partial charge in [-0.25, -0.2) is 0 Å². The Hall–Kier alpha value is -0.160. The molecule has 4 aliphatic heterocycles. The third-order valence-electron chi connectivity index (χ3n) is 4.23. The second-order valence-corrected chi connectivity index (χ2v) is 5.38. The molecule has 4 saturated heterocycles. The standard InChI is InChI=1S/C12H23N3O/c1-6-16-10-11(1)7-13-8-12-9-14-2-4-15(12)5-3-14/h11-13H,1-10H2. The third kappa shape index (κ3) is 2.40. The van der Waals surface area contributed by atoms with E-state index in [-0.39, 0.29) is 0 Å². The van der Waals surface area contributed by atoms with E-state index in [4.69, 9.17) is 4.74 Å². The van der Waals surface area contributed by atoms with Crippen LogP contribution in [-0.2, 0) is 4.74 Å². The summed E-state index contributed by atoms with van der Waals surface area (Å²) < 4.78 is 5.39. The Morgan fingerprint density at radius 1 is 1.12 bits per heavy atom. The van der Waals surface area contributed by atoms with Crippen LogP contribution in [0.4, 0.5) is 0 Å². The minimum absolute atomic E-state index is 0.754. The highest BCUT2D eigenvalue weighted by atomic mass is 16.5. The van der Waals surface area contributed by atoms with E-state index in [1.165, 1.54) is 39.1 Å². The molecule has 0 aromatic heterocycles. The predicted molar refractivity (Wildman–Crippen MR) is 63.6 cm³/mol. The molecule has 2 atom stereocenters. The molecule has 92 valence electrons. The summed E-state index contributed by atoms with van der Waals surface area (Å²) in [4.78, 5) is 5.25. The second kappa shape index (κ2) is 5.00. The van der Waals surface area contributed by atoms with Crippen molar-refractivity contribution in [1.29, 1.82) is 0 Å². The number of hydrogen-bond acceptors (Lipinski definition) is 4. The molecule has 4 aliphatic rings. The zero-order valence-electron chi connectivity index (χ0n) is 10.0. The molecular formula is C12H23N3O. The summed E-state index contributed by atoms with van der Waals surface area (Å²) in [6, 6.07) is 0.754. The summed E-state index contributed by atoms with van der Waals surface area (Å²) in [5.41, 5.74) is 0. The van der Waals surface area contributed by atoms with Crippen LogP contribution in [0.3, 0.4) is 0 Å². The van der Waals surface area contributed by atoms with Gasteiger partial charge in [-0.1, -0.05) is 0 Å². The van der Waals surface area contributed by atoms with Crippen molar-refractivity contribution in [3.8, 4) is 0 Å². The fourth-order valence-corrected chi connectivity index (χ4v) is 3.12. The lowest BCUT2D eigenvalue weighted by atomic mass is 10.1. The van der Waals surface area contributed by atoms with Crippen molar-refractivity contribution in [2.24, 2.45) is 5.92 Å². The monoisotopic (exact) mass is 225 g/mol. The fourth-order valence-electron chi connectivity index (χ4n) is 3.12. The molecule has 1 N–H and O–H groups in total. The van der Waals surface area contributed by atoms with Gasteiger partial charge in [-0.05, 0) is 12.3 Å². The van der Waals surface area contributed by atoms with Gasteiger partial charge in [-0.15, -0.1) is 0 Å². The van der Waals surface area contributed by atoms with Crippen LogP contribution in [0.15, 0.2) is 0 Å². The molecule has 16 heavy (non-hydrogen) atoms. The van der Waals surface area contributed by atoms with E-state index in [0.717, 1.165) is 38.3 Å². The van der Waals surface area contributed by atoms with Crippen molar-refractivity contribution in [2.75, 3.05) is 59.0 Å². The molecule has 4 nitrogen and oxygen atoms in total. The van der Waals surface area contributed by atoms with Crippen molar-refractivity contribution in [3.63, 3.8) is 0 Å². The summed E-state index contributed by atoms with van der Waals surface area (Å²) in [6.45, 7) is 10.6. The highest BCUT2D eigenvalue weighted by molar-refractivity contribution is 4.89. The van der Waals surface area contributed by atoms with Gasteiger partial charge >= 0.3 is 0 Å². The quantitative estimate of drug-likeness (QED) is 0.705. The molecular weight excluding hydrogens is 202 g/mol. The Morgan fingerprint density at radius 2 is 2.00 bits per heavy atom. The maximum atomic E-state index is 5.39. The molecule has 0 spiro atoms. The van der Waals surface area contributed by atoms with E-state index >= 15 is 0 Å². The lowest BCUT2D eigenvalue weighted by Gasteiger charge is -2.47. The first-order valence-corrected chi connectivity index (χ1v) is 6.67. The van der Waals surface area contributed by atoms with Crippen LogP contribution in [-0.4, -0.2) is 74.9 Å². The van der Waals surface area contributed by atoms with Crippen LogP contribution in [0.1, 0.15) is 6.42 Å². The summed E-state index contributed by atoms with van der Waals surface area (Å²) in [7, 11) is 0. The molecule has 2 bridgehead atoms. The van der Waals surface area contributed by atoms with E-state index < -0.39 is 0 Å². The predicted octanol–water partition coefficient (Wildman–Crippen LogP) is -0.388. The smallest absolute Gasteiger partial charge is 0.0507 e. The summed E-state index contributed by atoms with van der Waals surface area (Å²) in [6.07, 6.45) is 1.24. The van der Waals surface area contributed by atoms with E-state index in [1.54, 1.807) is 0 Å². The van der Waals surface area contributed by atoms with Gasteiger partial charge in [0.15, 0.2) is 0 Å². The molecule has 0 aromatic carbocycles. The van der Waals surface area contributed by atoms with Crippen LogP contribution in [0.25, 0.3) is 0 Å². The number of hydrogen-bond donors (Lipinski definition) is 1. The average molecular weight is 225 g/mol. The largest absolute Gasteiger partial charge is 0.381 e. The SMILES string of the molecule is C1CC(CNCC2CN3CCN2CC3)CO1. The van der Waals surface area contributed by atoms with Gasteiger partial charge in [0, 0.05) is 58.5 Å². The summed E-state index contributed by atoms with van der Waals surface area (Å²) in [5.74, 6) is 0.760. The molecule has 2 unspecified atom stereocenters. The van der Waals surface area contributed by atoms with Gasteiger partial charge in [0.2, 0.25) is 0 Å². The van der Waals surface area contributed by atoms with Crippen LogP contribution in [0.5, 0.6) is 0 Å². The molecule has 0 saturated carbocycles. The van der Waals surface area contributed by atoms with Crippen molar-refractivity contribution in [2.45, 2.75) is 12.5 Å². The minimum atomic E-state index is 0.754. The lowest BCUT2D eigenvalue weighted by molar-refractivity contribution is 0.0134. The zero-order valence-corrected chi connectivity index (χ0v) is 10.0. The van der Waals surface area contributed by atoms with Gasteiger partial charge in [-0.3, -0.25) is 9.80 Å². The molecule has 0 amide bonds. The van der Waals surface area contributed by atoms with Crippen LogP contribution < -0.4 is 5.32 Å². The zero-order chi connectivity index (χ0) is 10.8. The number of ether oxygens (including phenoxy) is 1. The summed E-state index contributed by atoms with van der Waals surface area (Å²) in [5, 5.41) is 3.63. The number of fused-ring (bicyclic) bond motifs is 3. The van der Waals surface area contributed by atoms with Crippen LogP contribution >= 0.6 is 0 Å². The first kappa shape index (κ1) is 11.0. The second-order valence-electron chi connectivity index (χ2n) is 5.38. The highest BCUT2D eigenvalue weighted by Gasteiger charge is 2.31. The number of nitrogens with one attached hydrogen (secondary N) is 1. The summed E-state index contributed by atoms with van der Waals surface area (Å²) >= 11 is 0. The van der Waals surface area contributed by atoms with Crippen molar-refractivity contribution in [1.82, 2.24) is 15.1 Å². The van der Waals surface area contributed by atoms with Crippen molar-refractivity contribution >= 4 is 0 Å². The van der Waals surface area contributed by atoms with Gasteiger partial charge in [0.25, 0.3) is 0 Å². The van der Waals surface area contributed by atoms with Crippen molar-refractivity contribution < 1.29 is 4.74 Å². The third-order valence-corrected chi connectivity index (χ3v) is 4.23. The van der Waals surface area contributed by atoms with Gasteiger partial charge in [0.05, 0.1) is 6.61 Å². The Morgan fingerprint density at radius 3 is 2.62 bits per heavy atom. The van der Waals surface area contributed by atoms with E-state index in [0.29, 0.717) is 0 Å².